The van der Waals surface area contributed by atoms with Gasteiger partial charge in [0.05, 0.1) is 19.3 Å². The maximum atomic E-state index is 12.9. The Morgan fingerprint density at radius 3 is 2.39 bits per heavy atom. The molecular formula is C23H30N2O3. The highest BCUT2D eigenvalue weighted by atomic mass is 16.5. The number of ether oxygens (including phenoxy) is 2. The Morgan fingerprint density at radius 1 is 1.00 bits per heavy atom. The Kier molecular flexibility index (Phi) is 7.31. The summed E-state index contributed by atoms with van der Waals surface area (Å²) in [6.07, 6.45) is 1.18. The van der Waals surface area contributed by atoms with E-state index in [1.165, 1.54) is 5.56 Å². The first-order valence-corrected chi connectivity index (χ1v) is 10.1. The molecule has 0 bridgehead atoms. The number of rotatable bonds is 8. The number of carbonyl (C=O) groups is 1. The Bertz CT molecular complexity index is 751. The zero-order valence-corrected chi connectivity index (χ0v) is 16.8. The summed E-state index contributed by atoms with van der Waals surface area (Å²) >= 11 is 0. The quantitative estimate of drug-likeness (QED) is 0.652. The zero-order chi connectivity index (χ0) is 19.8. The largest absolute Gasteiger partial charge is 0.490 e. The van der Waals surface area contributed by atoms with E-state index in [0.717, 1.165) is 31.1 Å². The maximum Gasteiger partial charge on any atom is 0.223 e. The summed E-state index contributed by atoms with van der Waals surface area (Å²) in [5, 5.41) is 0. The van der Waals surface area contributed by atoms with Gasteiger partial charge in [-0.15, -0.1) is 0 Å². The minimum atomic E-state index is 0.118. The van der Waals surface area contributed by atoms with Gasteiger partial charge >= 0.3 is 0 Å². The van der Waals surface area contributed by atoms with Crippen molar-refractivity contribution in [2.24, 2.45) is 0 Å². The second kappa shape index (κ2) is 10.1. The molecular weight excluding hydrogens is 352 g/mol. The fourth-order valence-electron chi connectivity index (χ4n) is 3.57. The summed E-state index contributed by atoms with van der Waals surface area (Å²) in [4.78, 5) is 17.2. The van der Waals surface area contributed by atoms with E-state index in [0.29, 0.717) is 26.1 Å². The fourth-order valence-corrected chi connectivity index (χ4v) is 3.57. The number of likely N-dealkylation sites (N-methyl/N-ethyl adjacent to an activating group) is 1. The van der Waals surface area contributed by atoms with E-state index in [2.05, 4.69) is 24.1 Å². The number of hydrogen-bond acceptors (Lipinski definition) is 4. The minimum Gasteiger partial charge on any atom is -0.490 e. The number of hydrogen-bond donors (Lipinski definition) is 0. The van der Waals surface area contributed by atoms with E-state index in [-0.39, 0.29) is 11.9 Å². The van der Waals surface area contributed by atoms with Crippen LogP contribution in [0.2, 0.25) is 0 Å². The summed E-state index contributed by atoms with van der Waals surface area (Å²) in [5.74, 6) is 1.68. The van der Waals surface area contributed by atoms with Gasteiger partial charge in [-0.1, -0.05) is 42.5 Å². The van der Waals surface area contributed by atoms with Crippen molar-refractivity contribution in [3.05, 3.63) is 60.2 Å². The van der Waals surface area contributed by atoms with Crippen molar-refractivity contribution in [1.82, 2.24) is 9.80 Å². The Labute approximate surface area is 167 Å². The van der Waals surface area contributed by atoms with Crippen LogP contribution >= 0.6 is 0 Å². The van der Waals surface area contributed by atoms with E-state index in [1.54, 1.807) is 0 Å². The molecule has 0 radical (unpaired) electrons. The van der Waals surface area contributed by atoms with Crippen molar-refractivity contribution in [2.45, 2.75) is 25.8 Å². The van der Waals surface area contributed by atoms with Gasteiger partial charge in [-0.05, 0) is 38.1 Å². The van der Waals surface area contributed by atoms with Crippen LogP contribution in [-0.2, 0) is 4.79 Å². The topological polar surface area (TPSA) is 42.0 Å². The SMILES string of the molecule is CCOc1ccccc1OCCCC(=O)N1CCN(C)C[C@H]1c1ccccc1. The Hall–Kier alpha value is -2.53. The van der Waals surface area contributed by atoms with Crippen LogP contribution in [-0.4, -0.2) is 55.6 Å². The molecule has 0 aromatic heterocycles. The third kappa shape index (κ3) is 5.26. The van der Waals surface area contributed by atoms with Crippen molar-refractivity contribution in [1.29, 1.82) is 0 Å². The van der Waals surface area contributed by atoms with Gasteiger partial charge in [0.15, 0.2) is 11.5 Å². The molecule has 0 saturated carbocycles. The summed E-state index contributed by atoms with van der Waals surface area (Å²) in [5.41, 5.74) is 1.20. The predicted octanol–water partition coefficient (Wildman–Crippen LogP) is 3.76. The molecule has 2 aromatic carbocycles. The minimum absolute atomic E-state index is 0.118. The molecule has 1 fully saturated rings. The lowest BCUT2D eigenvalue weighted by Gasteiger charge is -2.40. The van der Waals surface area contributed by atoms with Gasteiger partial charge in [0.25, 0.3) is 0 Å². The van der Waals surface area contributed by atoms with Crippen molar-refractivity contribution >= 4 is 5.91 Å². The van der Waals surface area contributed by atoms with Crippen LogP contribution in [0.1, 0.15) is 31.4 Å². The molecule has 1 aliphatic rings. The molecule has 1 aliphatic heterocycles. The number of carbonyl (C=O) groups excluding carboxylic acids is 1. The number of piperazine rings is 1. The lowest BCUT2D eigenvalue weighted by molar-refractivity contribution is -0.136. The maximum absolute atomic E-state index is 12.9. The molecule has 3 rings (SSSR count). The summed E-state index contributed by atoms with van der Waals surface area (Å²) < 4.78 is 11.4. The second-order valence-corrected chi connectivity index (χ2v) is 7.11. The zero-order valence-electron chi connectivity index (χ0n) is 16.8. The molecule has 1 heterocycles. The van der Waals surface area contributed by atoms with Crippen LogP contribution in [0.25, 0.3) is 0 Å². The van der Waals surface area contributed by atoms with Gasteiger partial charge in [-0.25, -0.2) is 0 Å². The molecule has 28 heavy (non-hydrogen) atoms. The van der Waals surface area contributed by atoms with Gasteiger partial charge in [-0.3, -0.25) is 4.79 Å². The smallest absolute Gasteiger partial charge is 0.223 e. The molecule has 0 unspecified atom stereocenters. The molecule has 2 aromatic rings. The lowest BCUT2D eigenvalue weighted by Crippen LogP contribution is -2.49. The van der Waals surface area contributed by atoms with E-state index < -0.39 is 0 Å². The number of para-hydroxylation sites is 2. The van der Waals surface area contributed by atoms with E-state index in [4.69, 9.17) is 9.47 Å². The highest BCUT2D eigenvalue weighted by Gasteiger charge is 2.29. The highest BCUT2D eigenvalue weighted by Crippen LogP contribution is 2.27. The van der Waals surface area contributed by atoms with Gasteiger partial charge in [0.1, 0.15) is 0 Å². The molecule has 0 N–H and O–H groups in total. The molecule has 1 amide bonds. The van der Waals surface area contributed by atoms with Crippen LogP contribution < -0.4 is 9.47 Å². The van der Waals surface area contributed by atoms with Gasteiger partial charge in [0.2, 0.25) is 5.91 Å². The van der Waals surface area contributed by atoms with Crippen LogP contribution in [0.3, 0.4) is 0 Å². The standard InChI is InChI=1S/C23H30N2O3/c1-3-27-21-12-7-8-13-22(21)28-17-9-14-23(26)25-16-15-24(2)18-20(25)19-10-5-4-6-11-19/h4-8,10-13,20H,3,9,14-18H2,1-2H3/t20-/m0/s1. The van der Waals surface area contributed by atoms with Crippen LogP contribution in [0.15, 0.2) is 54.6 Å². The van der Waals surface area contributed by atoms with Crippen LogP contribution in [0.5, 0.6) is 11.5 Å². The van der Waals surface area contributed by atoms with Crippen LogP contribution in [0.4, 0.5) is 0 Å². The molecule has 1 atom stereocenters. The van der Waals surface area contributed by atoms with Crippen LogP contribution in [0, 0.1) is 0 Å². The van der Waals surface area contributed by atoms with Gasteiger partial charge in [-0.2, -0.15) is 0 Å². The van der Waals surface area contributed by atoms with Crippen molar-refractivity contribution in [3.63, 3.8) is 0 Å². The van der Waals surface area contributed by atoms with Crippen molar-refractivity contribution < 1.29 is 14.3 Å². The van der Waals surface area contributed by atoms with E-state index in [9.17, 15) is 4.79 Å². The summed E-state index contributed by atoms with van der Waals surface area (Å²) in [7, 11) is 2.11. The Balaban J connectivity index is 1.54. The monoisotopic (exact) mass is 382 g/mol. The highest BCUT2D eigenvalue weighted by molar-refractivity contribution is 5.77. The van der Waals surface area contributed by atoms with E-state index in [1.807, 2.05) is 54.3 Å². The second-order valence-electron chi connectivity index (χ2n) is 7.11. The number of nitrogens with zero attached hydrogens (tertiary/aromatic N) is 2. The first-order valence-electron chi connectivity index (χ1n) is 10.1. The number of benzene rings is 2. The normalized spacial score (nSPS) is 17.4. The molecule has 150 valence electrons. The molecule has 5 nitrogen and oxygen atoms in total. The fraction of sp³-hybridized carbons (Fsp3) is 0.435. The Morgan fingerprint density at radius 2 is 1.68 bits per heavy atom. The third-order valence-corrected chi connectivity index (χ3v) is 5.03. The van der Waals surface area contributed by atoms with Gasteiger partial charge < -0.3 is 19.3 Å². The molecule has 1 saturated heterocycles. The van der Waals surface area contributed by atoms with Crippen molar-refractivity contribution in [2.75, 3.05) is 39.9 Å². The van der Waals surface area contributed by atoms with Crippen molar-refractivity contribution in [3.8, 4) is 11.5 Å². The lowest BCUT2D eigenvalue weighted by atomic mass is 10.0. The first-order chi connectivity index (χ1) is 13.7. The number of amides is 1. The molecule has 0 aliphatic carbocycles. The first kappa shape index (κ1) is 20.2. The average molecular weight is 383 g/mol. The summed E-state index contributed by atoms with van der Waals surface area (Å²) in [6, 6.07) is 18.1. The average Bonchev–Trinajstić information content (AvgIpc) is 2.73. The molecule has 5 heteroatoms. The molecule has 0 spiro atoms. The predicted molar refractivity (Wildman–Crippen MR) is 111 cm³/mol. The van der Waals surface area contributed by atoms with E-state index >= 15 is 0 Å². The third-order valence-electron chi connectivity index (χ3n) is 5.03. The summed E-state index contributed by atoms with van der Waals surface area (Å²) in [6.45, 7) is 5.60. The van der Waals surface area contributed by atoms with Gasteiger partial charge in [0, 0.05) is 26.1 Å².